The second kappa shape index (κ2) is 7.19. The molecule has 1 aromatic rings. The van der Waals surface area contributed by atoms with E-state index in [0.29, 0.717) is 12.6 Å². The molecule has 0 amide bonds. The summed E-state index contributed by atoms with van der Waals surface area (Å²) >= 11 is 0. The summed E-state index contributed by atoms with van der Waals surface area (Å²) in [6, 6.07) is 6.73. The number of hydrogen-bond donors (Lipinski definition) is 0. The Balaban J connectivity index is 1.94. The summed E-state index contributed by atoms with van der Waals surface area (Å²) in [5.74, 6) is 0.236. The van der Waals surface area contributed by atoms with Crippen molar-refractivity contribution in [2.24, 2.45) is 0 Å². The van der Waals surface area contributed by atoms with Crippen LogP contribution < -0.4 is 0 Å². The van der Waals surface area contributed by atoms with E-state index in [4.69, 9.17) is 0 Å². The third-order valence-corrected chi connectivity index (χ3v) is 4.53. The van der Waals surface area contributed by atoms with E-state index in [9.17, 15) is 4.79 Å². The zero-order valence-corrected chi connectivity index (χ0v) is 13.9. The first kappa shape index (κ1) is 16.2. The molecule has 0 spiro atoms. The Kier molecular flexibility index (Phi) is 5.54. The molecule has 1 heterocycles. The first-order chi connectivity index (χ1) is 10.0. The summed E-state index contributed by atoms with van der Waals surface area (Å²) in [5, 5.41) is 0. The molecule has 0 radical (unpaired) electrons. The maximum atomic E-state index is 12.5. The normalized spacial score (nSPS) is 19.4. The number of nitrogens with zero attached hydrogens (tertiary/aromatic N) is 2. The number of carbonyl (C=O) groups is 1. The summed E-state index contributed by atoms with van der Waals surface area (Å²) in [7, 11) is 2.06. The monoisotopic (exact) mass is 288 g/mol. The number of carbonyl (C=O) groups excluding carboxylic acids is 1. The van der Waals surface area contributed by atoms with E-state index in [1.54, 1.807) is 0 Å². The lowest BCUT2D eigenvalue weighted by molar-refractivity contribution is 0.0928. The number of likely N-dealkylation sites (tertiary alicyclic amines) is 1. The van der Waals surface area contributed by atoms with E-state index in [0.717, 1.165) is 29.8 Å². The van der Waals surface area contributed by atoms with Gasteiger partial charge in [-0.1, -0.05) is 24.6 Å². The van der Waals surface area contributed by atoms with E-state index in [2.05, 4.69) is 29.8 Å². The van der Waals surface area contributed by atoms with Gasteiger partial charge in [-0.25, -0.2) is 0 Å². The van der Waals surface area contributed by atoms with Gasteiger partial charge in [-0.05, 0) is 58.5 Å². The molecule has 2 rings (SSSR count). The van der Waals surface area contributed by atoms with Gasteiger partial charge in [0.2, 0.25) is 0 Å². The predicted octanol–water partition coefficient (Wildman–Crippen LogP) is 2.90. The van der Waals surface area contributed by atoms with Gasteiger partial charge in [0.05, 0.1) is 6.54 Å². The Morgan fingerprint density at radius 3 is 2.86 bits per heavy atom. The minimum atomic E-state index is 0.236. The summed E-state index contributed by atoms with van der Waals surface area (Å²) in [5.41, 5.74) is 3.11. The number of ketones is 1. The van der Waals surface area contributed by atoms with Crippen molar-refractivity contribution in [3.63, 3.8) is 0 Å². The van der Waals surface area contributed by atoms with Gasteiger partial charge in [0.25, 0.3) is 0 Å². The van der Waals surface area contributed by atoms with Crippen molar-refractivity contribution in [1.82, 2.24) is 9.80 Å². The van der Waals surface area contributed by atoms with Gasteiger partial charge >= 0.3 is 0 Å². The second-order valence-electron chi connectivity index (χ2n) is 6.36. The van der Waals surface area contributed by atoms with Crippen molar-refractivity contribution >= 4 is 5.78 Å². The second-order valence-corrected chi connectivity index (χ2v) is 6.36. The average molecular weight is 288 g/mol. The third-order valence-electron chi connectivity index (χ3n) is 4.53. The van der Waals surface area contributed by atoms with E-state index in [-0.39, 0.29) is 5.78 Å². The molecule has 0 aliphatic carbocycles. The summed E-state index contributed by atoms with van der Waals surface area (Å²) in [6.07, 6.45) is 2.55. The maximum absolute atomic E-state index is 12.5. The Hall–Kier alpha value is -1.19. The predicted molar refractivity (Wildman–Crippen MR) is 88.0 cm³/mol. The van der Waals surface area contributed by atoms with Gasteiger partial charge in [-0.2, -0.15) is 0 Å². The Labute approximate surface area is 128 Å². The van der Waals surface area contributed by atoms with Crippen molar-refractivity contribution < 1.29 is 4.79 Å². The van der Waals surface area contributed by atoms with E-state index >= 15 is 0 Å². The van der Waals surface area contributed by atoms with Crippen molar-refractivity contribution in [2.45, 2.75) is 39.7 Å². The van der Waals surface area contributed by atoms with Crippen molar-refractivity contribution in [3.05, 3.63) is 34.9 Å². The lowest BCUT2D eigenvalue weighted by atomic mass is 10.0. The summed E-state index contributed by atoms with van der Waals surface area (Å²) in [4.78, 5) is 17.2. The van der Waals surface area contributed by atoms with Crippen molar-refractivity contribution in [2.75, 3.05) is 33.2 Å². The number of aryl methyl sites for hydroxylation is 2. The molecule has 1 atom stereocenters. The molecular weight excluding hydrogens is 260 g/mol. The molecule has 3 heteroatoms. The Morgan fingerprint density at radius 1 is 1.38 bits per heavy atom. The quantitative estimate of drug-likeness (QED) is 0.752. The minimum absolute atomic E-state index is 0.236. The first-order valence-electron chi connectivity index (χ1n) is 8.04. The number of benzene rings is 1. The molecule has 0 aromatic heterocycles. The van der Waals surface area contributed by atoms with Crippen LogP contribution in [0.25, 0.3) is 0 Å². The van der Waals surface area contributed by atoms with Gasteiger partial charge in [-0.15, -0.1) is 0 Å². The van der Waals surface area contributed by atoms with Crippen LogP contribution in [0.1, 0.15) is 41.3 Å². The van der Waals surface area contributed by atoms with Crippen molar-refractivity contribution in [3.8, 4) is 0 Å². The van der Waals surface area contributed by atoms with Crippen LogP contribution in [-0.2, 0) is 0 Å². The molecule has 116 valence electrons. The Morgan fingerprint density at radius 2 is 2.14 bits per heavy atom. The Bertz CT molecular complexity index is 498. The number of Topliss-reactive ketones (excluding diaryl/α,β-unsaturated/α-hetero) is 1. The zero-order valence-electron chi connectivity index (χ0n) is 13.9. The largest absolute Gasteiger partial charge is 0.299 e. The first-order valence-corrected chi connectivity index (χ1v) is 8.04. The molecule has 1 aliphatic rings. The van der Waals surface area contributed by atoms with Crippen LogP contribution in [0.4, 0.5) is 0 Å². The lowest BCUT2D eigenvalue weighted by Crippen LogP contribution is -2.40. The molecule has 0 bridgehead atoms. The van der Waals surface area contributed by atoms with Gasteiger partial charge in [0.15, 0.2) is 5.78 Å². The molecule has 3 nitrogen and oxygen atoms in total. The fourth-order valence-electron chi connectivity index (χ4n) is 3.31. The van der Waals surface area contributed by atoms with Crippen LogP contribution in [-0.4, -0.2) is 54.9 Å². The van der Waals surface area contributed by atoms with Crippen LogP contribution in [0.15, 0.2) is 18.2 Å². The highest BCUT2D eigenvalue weighted by atomic mass is 16.1. The van der Waals surface area contributed by atoms with Crippen molar-refractivity contribution in [1.29, 1.82) is 0 Å². The fourth-order valence-corrected chi connectivity index (χ4v) is 3.31. The van der Waals surface area contributed by atoms with Gasteiger partial charge < -0.3 is 0 Å². The van der Waals surface area contributed by atoms with E-state index in [1.807, 2.05) is 26.0 Å². The van der Waals surface area contributed by atoms with E-state index < -0.39 is 0 Å². The third kappa shape index (κ3) is 4.14. The number of hydrogen-bond acceptors (Lipinski definition) is 3. The SMILES string of the molecule is CCN1CCCC1CN(C)CC(=O)c1cc(C)ccc1C. The van der Waals surface area contributed by atoms with Crippen LogP contribution in [0.3, 0.4) is 0 Å². The van der Waals surface area contributed by atoms with Gasteiger partial charge in [0.1, 0.15) is 0 Å². The van der Waals surface area contributed by atoms with Crippen LogP contribution in [0.2, 0.25) is 0 Å². The molecule has 1 fully saturated rings. The molecule has 21 heavy (non-hydrogen) atoms. The highest BCUT2D eigenvalue weighted by Crippen LogP contribution is 2.18. The highest BCUT2D eigenvalue weighted by molar-refractivity contribution is 5.99. The maximum Gasteiger partial charge on any atom is 0.177 e. The molecule has 0 N–H and O–H groups in total. The fraction of sp³-hybridized carbons (Fsp3) is 0.611. The van der Waals surface area contributed by atoms with Crippen LogP contribution >= 0.6 is 0 Å². The molecule has 1 saturated heterocycles. The minimum Gasteiger partial charge on any atom is -0.299 e. The molecule has 1 aliphatic heterocycles. The molecule has 1 aromatic carbocycles. The smallest absolute Gasteiger partial charge is 0.177 e. The van der Waals surface area contributed by atoms with Crippen LogP contribution in [0, 0.1) is 13.8 Å². The number of rotatable bonds is 6. The summed E-state index contributed by atoms with van der Waals surface area (Å²) in [6.45, 7) is 10.1. The summed E-state index contributed by atoms with van der Waals surface area (Å²) < 4.78 is 0. The van der Waals surface area contributed by atoms with Gasteiger partial charge in [0, 0.05) is 18.2 Å². The van der Waals surface area contributed by atoms with E-state index in [1.165, 1.54) is 19.4 Å². The number of likely N-dealkylation sites (N-methyl/N-ethyl adjacent to an activating group) is 2. The molecule has 0 saturated carbocycles. The molecule has 1 unspecified atom stereocenters. The standard InChI is InChI=1S/C18H28N2O/c1-5-20-10-6-7-16(20)12-19(4)13-18(21)17-11-14(2)8-9-15(17)3/h8-9,11,16H,5-7,10,12-13H2,1-4H3. The lowest BCUT2D eigenvalue weighted by Gasteiger charge is -2.27. The zero-order chi connectivity index (χ0) is 15.4. The average Bonchev–Trinajstić information content (AvgIpc) is 2.88. The molecular formula is C18H28N2O. The topological polar surface area (TPSA) is 23.6 Å². The van der Waals surface area contributed by atoms with Gasteiger partial charge in [-0.3, -0.25) is 14.6 Å². The van der Waals surface area contributed by atoms with Crippen LogP contribution in [0.5, 0.6) is 0 Å². The highest BCUT2D eigenvalue weighted by Gasteiger charge is 2.24.